The quantitative estimate of drug-likeness (QED) is 0.580. The third-order valence-electron chi connectivity index (χ3n) is 1.51. The Hall–Kier alpha value is -1.03. The van der Waals surface area contributed by atoms with Gasteiger partial charge in [-0.05, 0) is 12.1 Å². The zero-order valence-corrected chi connectivity index (χ0v) is 8.89. The smallest absolute Gasteiger partial charge is 1.00 e. The standard InChI is InChI=1S/C9H7N.Cr.FH.3H2O/c1-2-6-9-8(4-1)5-3-7-10-9;;;;;/h1-7H;;1H;3*1H2/q;+4;;;;/p-4. The van der Waals surface area contributed by atoms with E-state index in [4.69, 9.17) is 0 Å². The fourth-order valence-corrected chi connectivity index (χ4v) is 1.02. The first-order valence-electron chi connectivity index (χ1n) is 3.26. The Kier molecular flexibility index (Phi) is 17.4. The van der Waals surface area contributed by atoms with Crippen LogP contribution in [0.25, 0.3) is 10.9 Å². The van der Waals surface area contributed by atoms with Crippen molar-refractivity contribution in [2.24, 2.45) is 0 Å². The van der Waals surface area contributed by atoms with Gasteiger partial charge in [0.25, 0.3) is 0 Å². The van der Waals surface area contributed by atoms with Crippen molar-refractivity contribution in [3.05, 3.63) is 42.6 Å². The summed E-state index contributed by atoms with van der Waals surface area (Å²) in [5.41, 5.74) is 1.06. The number of pyridine rings is 1. The van der Waals surface area contributed by atoms with Gasteiger partial charge in [0.15, 0.2) is 0 Å². The van der Waals surface area contributed by atoms with E-state index in [0.717, 1.165) is 5.52 Å². The van der Waals surface area contributed by atoms with Gasteiger partial charge in [-0.1, -0.05) is 24.3 Å². The first-order chi connectivity index (χ1) is 4.97. The molecule has 0 bridgehead atoms. The molecule has 0 saturated carbocycles. The SMILES string of the molecule is [Cr+4].[F-].[OH-].[OH-].[OH-].c1ccc2ncccc2c1. The van der Waals surface area contributed by atoms with Gasteiger partial charge in [-0.15, -0.1) is 0 Å². The van der Waals surface area contributed by atoms with Gasteiger partial charge in [-0.25, -0.2) is 0 Å². The van der Waals surface area contributed by atoms with Crippen molar-refractivity contribution in [1.82, 2.24) is 4.98 Å². The number of fused-ring (bicyclic) bond motifs is 1. The van der Waals surface area contributed by atoms with Crippen LogP contribution >= 0.6 is 0 Å². The van der Waals surface area contributed by atoms with E-state index in [9.17, 15) is 0 Å². The summed E-state index contributed by atoms with van der Waals surface area (Å²) in [6, 6.07) is 12.1. The van der Waals surface area contributed by atoms with Gasteiger partial charge >= 0.3 is 17.4 Å². The molecule has 0 aliphatic carbocycles. The molecule has 0 aliphatic rings. The Morgan fingerprint density at radius 2 is 1.33 bits per heavy atom. The molecule has 0 saturated heterocycles. The van der Waals surface area contributed by atoms with E-state index < -0.39 is 0 Å². The molecule has 4 nitrogen and oxygen atoms in total. The molecule has 15 heavy (non-hydrogen) atoms. The van der Waals surface area contributed by atoms with Crippen molar-refractivity contribution >= 4 is 10.9 Å². The second-order valence-corrected chi connectivity index (χ2v) is 2.20. The molecular formula is C9H10CrFNO3. The molecule has 0 amide bonds. The van der Waals surface area contributed by atoms with Crippen LogP contribution in [0.3, 0.4) is 0 Å². The Balaban J connectivity index is -0.000000121. The summed E-state index contributed by atoms with van der Waals surface area (Å²) in [6.07, 6.45) is 1.81. The molecule has 0 unspecified atom stereocenters. The van der Waals surface area contributed by atoms with Gasteiger partial charge in [0.1, 0.15) is 0 Å². The zero-order chi connectivity index (χ0) is 6.81. The molecule has 0 radical (unpaired) electrons. The number of halogens is 1. The third-order valence-corrected chi connectivity index (χ3v) is 1.51. The molecule has 0 aliphatic heterocycles. The predicted molar refractivity (Wildman–Crippen MR) is 47.6 cm³/mol. The van der Waals surface area contributed by atoms with Crippen LogP contribution in [0, 0.1) is 0 Å². The first kappa shape index (κ1) is 23.6. The van der Waals surface area contributed by atoms with Gasteiger partial charge in [-0.3, -0.25) is 4.98 Å². The third kappa shape index (κ3) is 5.42. The minimum Gasteiger partial charge on any atom is -1.00 e. The van der Waals surface area contributed by atoms with Crippen LogP contribution in [0.4, 0.5) is 0 Å². The summed E-state index contributed by atoms with van der Waals surface area (Å²) < 4.78 is 0. The first-order valence-corrected chi connectivity index (χ1v) is 3.26. The Labute approximate surface area is 97.4 Å². The Morgan fingerprint density at radius 3 is 1.93 bits per heavy atom. The largest absolute Gasteiger partial charge is 4.00 e. The number of para-hydroxylation sites is 1. The summed E-state index contributed by atoms with van der Waals surface area (Å²) in [4.78, 5) is 4.18. The van der Waals surface area contributed by atoms with E-state index in [1.54, 1.807) is 0 Å². The van der Waals surface area contributed by atoms with Gasteiger partial charge in [0.05, 0.1) is 5.52 Å². The average molecular weight is 251 g/mol. The summed E-state index contributed by atoms with van der Waals surface area (Å²) in [6.45, 7) is 0. The molecule has 1 aromatic carbocycles. The maximum Gasteiger partial charge on any atom is 4.00 e. The van der Waals surface area contributed by atoms with Crippen molar-refractivity contribution in [1.29, 1.82) is 0 Å². The molecule has 3 N–H and O–H groups in total. The molecule has 2 aromatic rings. The molecule has 0 spiro atoms. The van der Waals surface area contributed by atoms with Crippen LogP contribution in [-0.2, 0) is 17.4 Å². The van der Waals surface area contributed by atoms with Crippen molar-refractivity contribution < 1.29 is 38.5 Å². The summed E-state index contributed by atoms with van der Waals surface area (Å²) >= 11 is 0. The normalized spacial score (nSPS) is 6.67. The maximum atomic E-state index is 4.18. The van der Waals surface area contributed by atoms with Crippen LogP contribution in [0.15, 0.2) is 42.6 Å². The van der Waals surface area contributed by atoms with Gasteiger partial charge in [0.2, 0.25) is 0 Å². The van der Waals surface area contributed by atoms with Crippen molar-refractivity contribution in [2.75, 3.05) is 0 Å². The minimum atomic E-state index is 0. The molecule has 6 heteroatoms. The van der Waals surface area contributed by atoms with Crippen LogP contribution in [0.1, 0.15) is 0 Å². The Bertz CT molecular complexity index is 296. The van der Waals surface area contributed by atoms with Crippen LogP contribution < -0.4 is 4.70 Å². The fraction of sp³-hybridized carbons (Fsp3) is 0. The number of benzene rings is 1. The average Bonchev–Trinajstić information content (AvgIpc) is 2.05. The molecule has 0 fully saturated rings. The monoisotopic (exact) mass is 251 g/mol. The number of rotatable bonds is 0. The summed E-state index contributed by atoms with van der Waals surface area (Å²) in [7, 11) is 0. The molecule has 2 rings (SSSR count). The van der Waals surface area contributed by atoms with Crippen LogP contribution in [-0.4, -0.2) is 21.4 Å². The molecular weight excluding hydrogens is 241 g/mol. The van der Waals surface area contributed by atoms with E-state index in [0.29, 0.717) is 0 Å². The van der Waals surface area contributed by atoms with Gasteiger partial charge in [0, 0.05) is 11.6 Å². The van der Waals surface area contributed by atoms with Crippen molar-refractivity contribution in [2.45, 2.75) is 0 Å². The predicted octanol–water partition coefficient (Wildman–Crippen LogP) is -1.29. The molecule has 0 atom stereocenters. The van der Waals surface area contributed by atoms with Crippen molar-refractivity contribution in [3.63, 3.8) is 0 Å². The molecule has 1 aromatic heterocycles. The molecule has 1 heterocycles. The van der Waals surface area contributed by atoms with E-state index in [2.05, 4.69) is 17.1 Å². The minimum absolute atomic E-state index is 0. The molecule has 82 valence electrons. The number of aromatic nitrogens is 1. The topological polar surface area (TPSA) is 103 Å². The zero-order valence-electron chi connectivity index (χ0n) is 7.62. The van der Waals surface area contributed by atoms with E-state index in [-0.39, 0.29) is 38.5 Å². The van der Waals surface area contributed by atoms with E-state index in [1.165, 1.54) is 5.39 Å². The second-order valence-electron chi connectivity index (χ2n) is 2.20. The number of hydrogen-bond acceptors (Lipinski definition) is 4. The summed E-state index contributed by atoms with van der Waals surface area (Å²) in [5, 5.41) is 1.20. The second kappa shape index (κ2) is 11.0. The maximum absolute atomic E-state index is 4.18. The summed E-state index contributed by atoms with van der Waals surface area (Å²) in [5.74, 6) is 0. The van der Waals surface area contributed by atoms with E-state index in [1.807, 2.05) is 30.5 Å². The van der Waals surface area contributed by atoms with Crippen molar-refractivity contribution in [3.8, 4) is 0 Å². The van der Waals surface area contributed by atoms with Gasteiger partial charge in [-0.2, -0.15) is 0 Å². The number of hydrogen-bond donors (Lipinski definition) is 0. The van der Waals surface area contributed by atoms with Crippen LogP contribution in [0.2, 0.25) is 0 Å². The van der Waals surface area contributed by atoms with E-state index >= 15 is 0 Å². The number of nitrogens with zero attached hydrogens (tertiary/aromatic N) is 1. The van der Waals surface area contributed by atoms with Gasteiger partial charge < -0.3 is 21.1 Å². The Morgan fingerprint density at radius 1 is 0.800 bits per heavy atom. The fourth-order valence-electron chi connectivity index (χ4n) is 1.02. The van der Waals surface area contributed by atoms with Crippen LogP contribution in [0.5, 0.6) is 0 Å².